The van der Waals surface area contributed by atoms with Crippen LogP contribution in [0.15, 0.2) is 24.5 Å². The average Bonchev–Trinajstić information content (AvgIpc) is 3.01. The molecule has 3 aromatic rings. The standard InChI is InChI=1S/C17H21N7/c1-12-3-4-16-20-21-17(24(16)22-12)15-5-7-23(8-6-15)11-14-9-18-13(2)19-10-14/h3-4,9-10,15H,5-8,11H2,1-2H3. The number of hydrogen-bond donors (Lipinski definition) is 0. The highest BCUT2D eigenvalue weighted by Crippen LogP contribution is 2.27. The molecule has 24 heavy (non-hydrogen) atoms. The zero-order valence-corrected chi connectivity index (χ0v) is 14.1. The Hall–Kier alpha value is -2.41. The Bertz CT molecular complexity index is 832. The fraction of sp³-hybridized carbons (Fsp3) is 0.471. The molecule has 124 valence electrons. The van der Waals surface area contributed by atoms with Crippen molar-refractivity contribution in [1.29, 1.82) is 0 Å². The summed E-state index contributed by atoms with van der Waals surface area (Å²) in [4.78, 5) is 11.0. The Morgan fingerprint density at radius 1 is 1.04 bits per heavy atom. The third-order valence-corrected chi connectivity index (χ3v) is 4.61. The molecule has 0 aliphatic carbocycles. The number of piperidine rings is 1. The van der Waals surface area contributed by atoms with Gasteiger partial charge in [-0.15, -0.1) is 10.2 Å². The van der Waals surface area contributed by atoms with Crippen LogP contribution in [-0.4, -0.2) is 47.8 Å². The molecule has 0 N–H and O–H groups in total. The molecule has 7 heteroatoms. The highest BCUT2D eigenvalue weighted by atomic mass is 15.4. The van der Waals surface area contributed by atoms with Gasteiger partial charge >= 0.3 is 0 Å². The predicted molar refractivity (Wildman–Crippen MR) is 89.5 cm³/mol. The van der Waals surface area contributed by atoms with Crippen molar-refractivity contribution in [3.8, 4) is 0 Å². The van der Waals surface area contributed by atoms with E-state index in [2.05, 4.69) is 30.2 Å². The highest BCUT2D eigenvalue weighted by molar-refractivity contribution is 5.36. The van der Waals surface area contributed by atoms with Gasteiger partial charge in [0.15, 0.2) is 11.5 Å². The van der Waals surface area contributed by atoms with Crippen molar-refractivity contribution in [2.45, 2.75) is 39.2 Å². The summed E-state index contributed by atoms with van der Waals surface area (Å²) >= 11 is 0. The second-order valence-corrected chi connectivity index (χ2v) is 6.49. The van der Waals surface area contributed by atoms with Crippen molar-refractivity contribution < 1.29 is 0 Å². The average molecular weight is 323 g/mol. The molecular formula is C17H21N7. The van der Waals surface area contributed by atoms with Crippen LogP contribution >= 0.6 is 0 Å². The number of likely N-dealkylation sites (tertiary alicyclic amines) is 1. The lowest BCUT2D eigenvalue weighted by Crippen LogP contribution is -2.33. The van der Waals surface area contributed by atoms with E-state index in [0.717, 1.165) is 55.5 Å². The molecule has 0 bridgehead atoms. The van der Waals surface area contributed by atoms with Gasteiger partial charge in [0.25, 0.3) is 0 Å². The summed E-state index contributed by atoms with van der Waals surface area (Å²) in [6.07, 6.45) is 5.99. The Kier molecular flexibility index (Phi) is 3.93. The van der Waals surface area contributed by atoms with Crippen molar-refractivity contribution in [3.05, 3.63) is 47.4 Å². The van der Waals surface area contributed by atoms with Crippen molar-refractivity contribution in [2.24, 2.45) is 0 Å². The lowest BCUT2D eigenvalue weighted by atomic mass is 9.96. The van der Waals surface area contributed by atoms with Gasteiger partial charge in [-0.2, -0.15) is 9.61 Å². The molecule has 0 radical (unpaired) electrons. The quantitative estimate of drug-likeness (QED) is 0.733. The van der Waals surface area contributed by atoms with Gasteiger partial charge in [-0.3, -0.25) is 4.90 Å². The molecule has 0 atom stereocenters. The summed E-state index contributed by atoms with van der Waals surface area (Å²) in [6.45, 7) is 6.90. The molecule has 1 aliphatic heterocycles. The zero-order valence-electron chi connectivity index (χ0n) is 14.1. The van der Waals surface area contributed by atoms with Crippen LogP contribution < -0.4 is 0 Å². The van der Waals surface area contributed by atoms with Gasteiger partial charge < -0.3 is 0 Å². The first-order chi connectivity index (χ1) is 11.7. The minimum absolute atomic E-state index is 0.416. The number of aryl methyl sites for hydroxylation is 2. The summed E-state index contributed by atoms with van der Waals surface area (Å²) in [5.41, 5.74) is 2.99. The third kappa shape index (κ3) is 2.99. The van der Waals surface area contributed by atoms with Gasteiger partial charge in [0.05, 0.1) is 5.69 Å². The molecule has 4 rings (SSSR count). The van der Waals surface area contributed by atoms with Gasteiger partial charge in [0, 0.05) is 30.4 Å². The van der Waals surface area contributed by atoms with E-state index in [-0.39, 0.29) is 0 Å². The van der Waals surface area contributed by atoms with E-state index in [0.29, 0.717) is 5.92 Å². The number of hydrogen-bond acceptors (Lipinski definition) is 6. The third-order valence-electron chi connectivity index (χ3n) is 4.61. The van der Waals surface area contributed by atoms with Crippen molar-refractivity contribution in [2.75, 3.05) is 13.1 Å². The largest absolute Gasteiger partial charge is 0.299 e. The van der Waals surface area contributed by atoms with Crippen LogP contribution in [0.3, 0.4) is 0 Å². The number of rotatable bonds is 3. The Balaban J connectivity index is 1.43. The van der Waals surface area contributed by atoms with Crippen molar-refractivity contribution in [1.82, 2.24) is 34.7 Å². The van der Waals surface area contributed by atoms with E-state index < -0.39 is 0 Å². The Labute approximate surface area is 140 Å². The van der Waals surface area contributed by atoms with Gasteiger partial charge in [0.2, 0.25) is 0 Å². The van der Waals surface area contributed by atoms with Gasteiger partial charge in [0.1, 0.15) is 5.82 Å². The molecule has 1 fully saturated rings. The van der Waals surface area contributed by atoms with Crippen LogP contribution in [-0.2, 0) is 6.54 Å². The Morgan fingerprint density at radius 3 is 2.54 bits per heavy atom. The van der Waals surface area contributed by atoms with Gasteiger partial charge in [-0.1, -0.05) is 0 Å². The monoisotopic (exact) mass is 323 g/mol. The lowest BCUT2D eigenvalue weighted by molar-refractivity contribution is 0.200. The number of nitrogens with zero attached hydrogens (tertiary/aromatic N) is 7. The summed E-state index contributed by atoms with van der Waals surface area (Å²) < 4.78 is 1.91. The number of fused-ring (bicyclic) bond motifs is 1. The van der Waals surface area contributed by atoms with Crippen LogP contribution in [0, 0.1) is 13.8 Å². The first kappa shape index (κ1) is 15.1. The van der Waals surface area contributed by atoms with Crippen LogP contribution in [0.1, 0.15) is 41.7 Å². The molecular weight excluding hydrogens is 302 g/mol. The first-order valence-corrected chi connectivity index (χ1v) is 8.38. The minimum Gasteiger partial charge on any atom is -0.299 e. The topological polar surface area (TPSA) is 72.1 Å². The summed E-state index contributed by atoms with van der Waals surface area (Å²) in [6, 6.07) is 3.95. The van der Waals surface area contributed by atoms with Crippen LogP contribution in [0.2, 0.25) is 0 Å². The molecule has 1 aliphatic rings. The molecule has 0 amide bonds. The summed E-state index contributed by atoms with van der Waals surface area (Å²) in [7, 11) is 0. The second-order valence-electron chi connectivity index (χ2n) is 6.49. The highest BCUT2D eigenvalue weighted by Gasteiger charge is 2.25. The van der Waals surface area contributed by atoms with E-state index in [1.165, 1.54) is 5.56 Å². The fourth-order valence-electron chi connectivity index (χ4n) is 3.26. The molecule has 1 saturated heterocycles. The van der Waals surface area contributed by atoms with Gasteiger partial charge in [-0.05, 0) is 51.9 Å². The van der Waals surface area contributed by atoms with Crippen LogP contribution in [0.5, 0.6) is 0 Å². The van der Waals surface area contributed by atoms with E-state index >= 15 is 0 Å². The maximum atomic E-state index is 4.57. The smallest absolute Gasteiger partial charge is 0.177 e. The Morgan fingerprint density at radius 2 is 1.79 bits per heavy atom. The van der Waals surface area contributed by atoms with Crippen molar-refractivity contribution in [3.63, 3.8) is 0 Å². The molecule has 4 heterocycles. The SMILES string of the molecule is Cc1ccc2nnc(C3CCN(Cc4cnc(C)nc4)CC3)n2n1. The molecule has 0 unspecified atom stereocenters. The normalized spacial score (nSPS) is 16.8. The second kappa shape index (κ2) is 6.24. The lowest BCUT2D eigenvalue weighted by Gasteiger charge is -2.30. The molecule has 7 nitrogen and oxygen atoms in total. The summed E-state index contributed by atoms with van der Waals surface area (Å²) in [5.74, 6) is 2.23. The van der Waals surface area contributed by atoms with E-state index in [4.69, 9.17) is 0 Å². The maximum Gasteiger partial charge on any atom is 0.177 e. The van der Waals surface area contributed by atoms with E-state index in [1.54, 1.807) is 0 Å². The molecule has 0 aromatic carbocycles. The minimum atomic E-state index is 0.416. The fourth-order valence-corrected chi connectivity index (χ4v) is 3.26. The van der Waals surface area contributed by atoms with E-state index in [9.17, 15) is 0 Å². The summed E-state index contributed by atoms with van der Waals surface area (Å²) in [5, 5.41) is 13.2. The van der Waals surface area contributed by atoms with Crippen molar-refractivity contribution >= 4 is 5.65 Å². The maximum absolute atomic E-state index is 4.57. The molecule has 3 aromatic heterocycles. The number of aromatic nitrogens is 6. The van der Waals surface area contributed by atoms with Gasteiger partial charge in [-0.25, -0.2) is 9.97 Å². The first-order valence-electron chi connectivity index (χ1n) is 8.38. The predicted octanol–water partition coefficient (Wildman–Crippen LogP) is 1.91. The van der Waals surface area contributed by atoms with E-state index in [1.807, 2.05) is 42.9 Å². The van der Waals surface area contributed by atoms with Crippen LogP contribution in [0.25, 0.3) is 5.65 Å². The molecule has 0 saturated carbocycles. The zero-order chi connectivity index (χ0) is 16.5. The van der Waals surface area contributed by atoms with Crippen LogP contribution in [0.4, 0.5) is 0 Å². The molecule has 0 spiro atoms.